The molecule has 4 aromatic carbocycles. The first kappa shape index (κ1) is 14.8. The molecule has 118 valence electrons. The smallest absolute Gasteiger partial charge is 0.127 e. The molecule has 0 aliphatic carbocycles. The van der Waals surface area contributed by atoms with Crippen LogP contribution in [0.25, 0.3) is 32.7 Å². The summed E-state index contributed by atoms with van der Waals surface area (Å²) in [6.07, 6.45) is 0. The van der Waals surface area contributed by atoms with Crippen molar-refractivity contribution in [3.05, 3.63) is 77.9 Å². The molecule has 0 fully saturated rings. The summed E-state index contributed by atoms with van der Waals surface area (Å²) in [5.41, 5.74) is 5.06. The number of rotatable bonds is 2. The van der Waals surface area contributed by atoms with Crippen molar-refractivity contribution in [1.82, 2.24) is 0 Å². The van der Waals surface area contributed by atoms with E-state index in [0.29, 0.717) is 0 Å². The van der Waals surface area contributed by atoms with Gasteiger partial charge in [-0.2, -0.15) is 0 Å². The van der Waals surface area contributed by atoms with E-state index in [2.05, 4.69) is 80.6 Å². The molecule has 0 aliphatic heterocycles. The van der Waals surface area contributed by atoms with E-state index in [1.54, 1.807) is 7.11 Å². The van der Waals surface area contributed by atoms with Crippen LogP contribution in [0, 0.1) is 13.8 Å². The molecular formula is C23H20O. The Morgan fingerprint density at radius 2 is 1.50 bits per heavy atom. The summed E-state index contributed by atoms with van der Waals surface area (Å²) < 4.78 is 5.66. The predicted octanol–water partition coefficient (Wildman–Crippen LogP) is 6.29. The first-order chi connectivity index (χ1) is 11.7. The van der Waals surface area contributed by atoms with Gasteiger partial charge in [-0.25, -0.2) is 0 Å². The van der Waals surface area contributed by atoms with Crippen LogP contribution in [0.1, 0.15) is 11.1 Å². The van der Waals surface area contributed by atoms with E-state index in [-0.39, 0.29) is 0 Å². The molecule has 0 radical (unpaired) electrons. The lowest BCUT2D eigenvalue weighted by atomic mass is 9.92. The lowest BCUT2D eigenvalue weighted by Crippen LogP contribution is -1.91. The molecule has 1 heteroatoms. The fourth-order valence-electron chi connectivity index (χ4n) is 3.55. The molecular weight excluding hydrogens is 292 g/mol. The second kappa shape index (κ2) is 5.68. The number of hydrogen-bond donors (Lipinski definition) is 0. The highest BCUT2D eigenvalue weighted by atomic mass is 16.5. The maximum absolute atomic E-state index is 5.66. The van der Waals surface area contributed by atoms with Crippen molar-refractivity contribution in [2.75, 3.05) is 7.11 Å². The van der Waals surface area contributed by atoms with Gasteiger partial charge in [0.2, 0.25) is 0 Å². The van der Waals surface area contributed by atoms with E-state index in [1.165, 1.54) is 43.8 Å². The van der Waals surface area contributed by atoms with Gasteiger partial charge >= 0.3 is 0 Å². The minimum atomic E-state index is 0.927. The molecule has 4 aromatic rings. The zero-order chi connectivity index (χ0) is 16.7. The predicted molar refractivity (Wildman–Crippen MR) is 103 cm³/mol. The van der Waals surface area contributed by atoms with Crippen LogP contribution in [-0.2, 0) is 0 Å². The molecule has 0 aromatic heterocycles. The summed E-state index contributed by atoms with van der Waals surface area (Å²) in [5.74, 6) is 0.927. The van der Waals surface area contributed by atoms with Gasteiger partial charge in [0.15, 0.2) is 0 Å². The van der Waals surface area contributed by atoms with Gasteiger partial charge in [0.1, 0.15) is 5.75 Å². The number of ether oxygens (including phenoxy) is 1. The Morgan fingerprint density at radius 3 is 2.29 bits per heavy atom. The standard InChI is InChI=1S/C23H20O/c1-15-7-6-8-17-11-12-18(13-21(15)17)22-14-23(24-3)20-10-5-4-9-19(20)16(22)2/h4-14H,1-3H3. The first-order valence-electron chi connectivity index (χ1n) is 8.25. The highest BCUT2D eigenvalue weighted by Gasteiger charge is 2.11. The molecule has 0 atom stereocenters. The van der Waals surface area contributed by atoms with Gasteiger partial charge < -0.3 is 4.74 Å². The van der Waals surface area contributed by atoms with Crippen molar-refractivity contribution in [2.24, 2.45) is 0 Å². The topological polar surface area (TPSA) is 9.23 Å². The summed E-state index contributed by atoms with van der Waals surface area (Å²) in [4.78, 5) is 0. The zero-order valence-electron chi connectivity index (χ0n) is 14.3. The van der Waals surface area contributed by atoms with Gasteiger partial charge in [-0.15, -0.1) is 0 Å². The second-order valence-corrected chi connectivity index (χ2v) is 6.31. The Labute approximate surface area is 142 Å². The van der Waals surface area contributed by atoms with Gasteiger partial charge in [0.25, 0.3) is 0 Å². The van der Waals surface area contributed by atoms with Gasteiger partial charge in [-0.1, -0.05) is 54.6 Å². The van der Waals surface area contributed by atoms with E-state index < -0.39 is 0 Å². The fourth-order valence-corrected chi connectivity index (χ4v) is 3.55. The van der Waals surface area contributed by atoms with Crippen molar-refractivity contribution >= 4 is 21.5 Å². The Kier molecular flexibility index (Phi) is 3.50. The van der Waals surface area contributed by atoms with Crippen LogP contribution in [0.3, 0.4) is 0 Å². The summed E-state index contributed by atoms with van der Waals surface area (Å²) in [6, 6.07) is 23.8. The van der Waals surface area contributed by atoms with E-state index in [1.807, 2.05) is 0 Å². The van der Waals surface area contributed by atoms with Gasteiger partial charge in [-0.3, -0.25) is 0 Å². The van der Waals surface area contributed by atoms with Crippen molar-refractivity contribution in [1.29, 1.82) is 0 Å². The van der Waals surface area contributed by atoms with Gasteiger partial charge in [-0.05, 0) is 64.4 Å². The third kappa shape index (κ3) is 2.25. The lowest BCUT2D eigenvalue weighted by Gasteiger charge is -2.14. The number of methoxy groups -OCH3 is 1. The number of fused-ring (bicyclic) bond motifs is 2. The first-order valence-corrected chi connectivity index (χ1v) is 8.25. The normalized spacial score (nSPS) is 11.1. The Balaban J connectivity index is 2.03. The van der Waals surface area contributed by atoms with Crippen LogP contribution in [0.2, 0.25) is 0 Å². The maximum Gasteiger partial charge on any atom is 0.127 e. The minimum absolute atomic E-state index is 0.927. The Hall–Kier alpha value is -2.80. The molecule has 0 unspecified atom stereocenters. The average molecular weight is 312 g/mol. The lowest BCUT2D eigenvalue weighted by molar-refractivity contribution is 0.420. The summed E-state index contributed by atoms with van der Waals surface area (Å²) in [7, 11) is 1.74. The summed E-state index contributed by atoms with van der Waals surface area (Å²) >= 11 is 0. The van der Waals surface area contributed by atoms with Gasteiger partial charge in [0, 0.05) is 5.39 Å². The molecule has 0 aliphatic rings. The average Bonchev–Trinajstić information content (AvgIpc) is 2.62. The third-order valence-corrected chi connectivity index (χ3v) is 4.91. The largest absolute Gasteiger partial charge is 0.496 e. The van der Waals surface area contributed by atoms with Crippen LogP contribution < -0.4 is 4.74 Å². The number of aryl methyl sites for hydroxylation is 2. The zero-order valence-corrected chi connectivity index (χ0v) is 14.3. The van der Waals surface area contributed by atoms with Crippen LogP contribution in [-0.4, -0.2) is 7.11 Å². The quantitative estimate of drug-likeness (QED) is 0.423. The van der Waals surface area contributed by atoms with Crippen LogP contribution in [0.5, 0.6) is 5.75 Å². The van der Waals surface area contributed by atoms with Gasteiger partial charge in [0.05, 0.1) is 7.11 Å². The van der Waals surface area contributed by atoms with Crippen molar-refractivity contribution < 1.29 is 4.74 Å². The molecule has 0 bridgehead atoms. The highest BCUT2D eigenvalue weighted by molar-refractivity contribution is 5.98. The maximum atomic E-state index is 5.66. The van der Waals surface area contributed by atoms with Crippen LogP contribution >= 0.6 is 0 Å². The molecule has 0 heterocycles. The summed E-state index contributed by atoms with van der Waals surface area (Å²) in [6.45, 7) is 4.36. The van der Waals surface area contributed by atoms with Crippen molar-refractivity contribution in [2.45, 2.75) is 13.8 Å². The highest BCUT2D eigenvalue weighted by Crippen LogP contribution is 2.37. The van der Waals surface area contributed by atoms with E-state index in [9.17, 15) is 0 Å². The van der Waals surface area contributed by atoms with Crippen LogP contribution in [0.15, 0.2) is 66.7 Å². The van der Waals surface area contributed by atoms with Crippen LogP contribution in [0.4, 0.5) is 0 Å². The number of hydrogen-bond acceptors (Lipinski definition) is 1. The molecule has 0 saturated heterocycles. The third-order valence-electron chi connectivity index (χ3n) is 4.91. The SMILES string of the molecule is COc1cc(-c2ccc3cccc(C)c3c2)c(C)c2ccccc12. The molecule has 0 amide bonds. The van der Waals surface area contributed by atoms with E-state index >= 15 is 0 Å². The van der Waals surface area contributed by atoms with Crippen molar-refractivity contribution in [3.63, 3.8) is 0 Å². The minimum Gasteiger partial charge on any atom is -0.496 e. The fraction of sp³-hybridized carbons (Fsp3) is 0.130. The molecule has 24 heavy (non-hydrogen) atoms. The second-order valence-electron chi connectivity index (χ2n) is 6.31. The van der Waals surface area contributed by atoms with Crippen molar-refractivity contribution in [3.8, 4) is 16.9 Å². The molecule has 0 spiro atoms. The number of benzene rings is 4. The monoisotopic (exact) mass is 312 g/mol. The Bertz CT molecular complexity index is 1060. The molecule has 0 saturated carbocycles. The Morgan fingerprint density at radius 1 is 0.708 bits per heavy atom. The summed E-state index contributed by atoms with van der Waals surface area (Å²) in [5, 5.41) is 5.00. The molecule has 1 nitrogen and oxygen atoms in total. The van der Waals surface area contributed by atoms with E-state index in [0.717, 1.165) is 5.75 Å². The van der Waals surface area contributed by atoms with E-state index in [4.69, 9.17) is 4.74 Å². The molecule has 4 rings (SSSR count). The molecule has 0 N–H and O–H groups in total.